The Hall–Kier alpha value is -6.59. The molecule has 3 heterocycles. The number of nitrogens with zero attached hydrogens (tertiary/aromatic N) is 4. The lowest BCUT2D eigenvalue weighted by Gasteiger charge is -2.11. The zero-order valence-corrected chi connectivity index (χ0v) is 25.0. The van der Waals surface area contributed by atoms with Crippen LogP contribution in [0.3, 0.4) is 0 Å². The number of rotatable bonds is 4. The molecule has 0 unspecified atom stereocenters. The fraction of sp³-hybridized carbons (Fsp3) is 0. The summed E-state index contributed by atoms with van der Waals surface area (Å²) in [7, 11) is 0. The lowest BCUT2D eigenvalue weighted by molar-refractivity contribution is 1.07. The van der Waals surface area contributed by atoms with Crippen molar-refractivity contribution in [2.24, 2.45) is 0 Å². The first-order chi connectivity index (χ1) is 27.9. The van der Waals surface area contributed by atoms with E-state index in [4.69, 9.17) is 27.3 Å². The molecule has 0 spiro atoms. The van der Waals surface area contributed by atoms with Crippen LogP contribution in [0.15, 0.2) is 157 Å². The fourth-order valence-corrected chi connectivity index (χ4v) is 6.44. The number of hydrogen-bond donors (Lipinski definition) is 1. The van der Waals surface area contributed by atoms with Gasteiger partial charge in [0.15, 0.2) is 17.5 Å². The molecule has 0 radical (unpaired) electrons. The Morgan fingerprint density at radius 1 is 0.479 bits per heavy atom. The average Bonchev–Trinajstić information content (AvgIpc) is 3.83. The molecule has 0 aliphatic carbocycles. The lowest BCUT2D eigenvalue weighted by atomic mass is 10.0. The van der Waals surface area contributed by atoms with E-state index in [-0.39, 0.29) is 79.9 Å². The van der Waals surface area contributed by atoms with Crippen LogP contribution in [0, 0.1) is 0 Å². The van der Waals surface area contributed by atoms with Gasteiger partial charge in [0, 0.05) is 55.0 Å². The van der Waals surface area contributed by atoms with Crippen LogP contribution < -0.4 is 0 Å². The van der Waals surface area contributed by atoms with Gasteiger partial charge in [0.25, 0.3) is 0 Å². The zero-order valence-electron chi connectivity index (χ0n) is 35.0. The van der Waals surface area contributed by atoms with Crippen molar-refractivity contribution >= 4 is 54.4 Å². The molecule has 0 saturated carbocycles. The molecule has 3 aromatic heterocycles. The van der Waals surface area contributed by atoms with Crippen LogP contribution in [-0.4, -0.2) is 24.5 Å². The van der Waals surface area contributed by atoms with Crippen LogP contribution in [0.2, 0.25) is 0 Å². The van der Waals surface area contributed by atoms with E-state index >= 15 is 0 Å². The lowest BCUT2D eigenvalue weighted by Crippen LogP contribution is -2.00. The maximum absolute atomic E-state index is 9.32. The molecule has 7 aromatic carbocycles. The summed E-state index contributed by atoms with van der Waals surface area (Å²) >= 11 is 0. The van der Waals surface area contributed by atoms with Crippen LogP contribution in [-0.2, 0) is 0 Å². The van der Waals surface area contributed by atoms with Crippen molar-refractivity contribution in [3.8, 4) is 39.9 Å². The van der Waals surface area contributed by atoms with Gasteiger partial charge in [0.2, 0.25) is 0 Å². The second-order valence-electron chi connectivity index (χ2n) is 11.4. The molecule has 0 fully saturated rings. The van der Waals surface area contributed by atoms with Gasteiger partial charge in [-0.25, -0.2) is 15.0 Å². The van der Waals surface area contributed by atoms with Gasteiger partial charge in [-0.15, -0.1) is 0 Å². The molecule has 0 bridgehead atoms. The largest absolute Gasteiger partial charge is 0.354 e. The van der Waals surface area contributed by atoms with Crippen molar-refractivity contribution in [1.29, 1.82) is 0 Å². The van der Waals surface area contributed by atoms with Crippen molar-refractivity contribution in [3.63, 3.8) is 0 Å². The summed E-state index contributed by atoms with van der Waals surface area (Å²) in [4.78, 5) is 17.5. The molecular weight excluding hydrogens is 587 g/mol. The minimum Gasteiger partial charge on any atom is -0.354 e. The van der Waals surface area contributed by atoms with Crippen LogP contribution in [0.5, 0.6) is 0 Å². The summed E-state index contributed by atoms with van der Waals surface area (Å²) in [5.41, 5.74) is 3.16. The summed E-state index contributed by atoms with van der Waals surface area (Å²) in [6.45, 7) is 0. The van der Waals surface area contributed by atoms with Crippen LogP contribution in [0.25, 0.3) is 94.2 Å². The summed E-state index contributed by atoms with van der Waals surface area (Å²) in [6.07, 6.45) is 0. The van der Waals surface area contributed by atoms with Gasteiger partial charge in [-0.05, 0) is 53.1 Å². The van der Waals surface area contributed by atoms with Crippen LogP contribution in [0.1, 0.15) is 13.7 Å². The molecule has 0 aliphatic heterocycles. The molecule has 224 valence electrons. The van der Waals surface area contributed by atoms with Gasteiger partial charge in [-0.2, -0.15) is 0 Å². The number of H-pyrrole nitrogens is 1. The Balaban J connectivity index is 1.23. The molecular formula is C43H27N5. The number of fused-ring (bicyclic) bond motifs is 8. The van der Waals surface area contributed by atoms with Crippen molar-refractivity contribution < 1.29 is 13.7 Å². The van der Waals surface area contributed by atoms with Gasteiger partial charge < -0.3 is 9.55 Å². The molecule has 0 amide bonds. The Bertz CT molecular complexity index is 3340. The van der Waals surface area contributed by atoms with Crippen molar-refractivity contribution in [1.82, 2.24) is 24.5 Å². The maximum atomic E-state index is 9.32. The van der Waals surface area contributed by atoms with Gasteiger partial charge in [0.05, 0.1) is 24.7 Å². The van der Waals surface area contributed by atoms with E-state index in [9.17, 15) is 1.37 Å². The van der Waals surface area contributed by atoms with E-state index in [2.05, 4.69) is 4.98 Å². The summed E-state index contributed by atoms with van der Waals surface area (Å²) < 4.78 is 89.7. The van der Waals surface area contributed by atoms with E-state index in [1.54, 1.807) is 10.6 Å². The third-order valence-electron chi connectivity index (χ3n) is 8.63. The van der Waals surface area contributed by atoms with E-state index in [1.807, 2.05) is 91.0 Å². The second-order valence-corrected chi connectivity index (χ2v) is 11.4. The van der Waals surface area contributed by atoms with Crippen LogP contribution in [0.4, 0.5) is 0 Å². The van der Waals surface area contributed by atoms with E-state index < -0.39 is 24.2 Å². The minimum absolute atomic E-state index is 0.0367. The molecule has 1 N–H and O–H groups in total. The Kier molecular flexibility index (Phi) is 4.04. The topological polar surface area (TPSA) is 59.4 Å². The molecule has 10 rings (SSSR count). The SMILES string of the molecule is [2H]c1c([2H])c([2H])c2c([nH]c3c([2H])c([2H])c4c(c5c([2H])c([2H])c([2H])c([2H])c5n4-c4ccc5cc(-c6nc(-c7ccccc7)nc(-c7ccccc7)n6)ccc5c4)c32)c1[2H]. The highest BCUT2D eigenvalue weighted by molar-refractivity contribution is 6.28. The van der Waals surface area contributed by atoms with Gasteiger partial charge in [-0.1, -0.05) is 115 Å². The zero-order chi connectivity index (χ0) is 40.3. The average molecular weight is 624 g/mol. The predicted molar refractivity (Wildman–Crippen MR) is 197 cm³/mol. The molecule has 0 aliphatic rings. The number of aromatic amines is 1. The quantitative estimate of drug-likeness (QED) is 0.212. The van der Waals surface area contributed by atoms with E-state index in [0.717, 1.165) is 27.5 Å². The standard InChI is InChI=1S/C43H27N5/c1-3-11-27(12-4-1)41-45-42(28-13-5-2-6-14-28)47-43(46-41)31-20-19-30-26-32(22-21-29(30)25-31)48-37-18-10-8-16-34(37)40-38(48)24-23-36-39(40)33-15-7-9-17-35(33)44-36/h1-26,44H/i7D,8D,9D,10D,15D,16D,17D,18D,23D,24D. The number of hydrogen-bond acceptors (Lipinski definition) is 3. The first-order valence-corrected chi connectivity index (χ1v) is 15.3. The second kappa shape index (κ2) is 10.5. The summed E-state index contributed by atoms with van der Waals surface area (Å²) in [6, 6.07) is 26.6. The molecule has 0 atom stereocenters. The predicted octanol–water partition coefficient (Wildman–Crippen LogP) is 10.8. The van der Waals surface area contributed by atoms with Gasteiger partial charge in [-0.3, -0.25) is 0 Å². The Labute approximate surface area is 289 Å². The third kappa shape index (κ3) is 4.15. The highest BCUT2D eigenvalue weighted by atomic mass is 15.0. The van der Waals surface area contributed by atoms with Gasteiger partial charge in [0.1, 0.15) is 0 Å². The Morgan fingerprint density at radius 3 is 1.85 bits per heavy atom. The maximum Gasteiger partial charge on any atom is 0.164 e. The smallest absolute Gasteiger partial charge is 0.164 e. The first kappa shape index (κ1) is 18.5. The number of benzene rings is 7. The van der Waals surface area contributed by atoms with Gasteiger partial charge >= 0.3 is 0 Å². The normalized spacial score (nSPS) is 14.7. The first-order valence-electron chi connectivity index (χ1n) is 20.3. The monoisotopic (exact) mass is 623 g/mol. The van der Waals surface area contributed by atoms with Crippen molar-refractivity contribution in [3.05, 3.63) is 157 Å². The molecule has 5 heteroatoms. The van der Waals surface area contributed by atoms with Crippen LogP contribution >= 0.6 is 0 Å². The third-order valence-corrected chi connectivity index (χ3v) is 8.63. The minimum atomic E-state index is -0.497. The van der Waals surface area contributed by atoms with Crippen molar-refractivity contribution in [2.75, 3.05) is 0 Å². The highest BCUT2D eigenvalue weighted by Crippen LogP contribution is 2.40. The highest BCUT2D eigenvalue weighted by Gasteiger charge is 2.18. The Morgan fingerprint density at radius 2 is 1.10 bits per heavy atom. The number of nitrogens with one attached hydrogen (secondary N) is 1. The molecule has 5 nitrogen and oxygen atoms in total. The molecule has 0 saturated heterocycles. The molecule has 10 aromatic rings. The van der Waals surface area contributed by atoms with Crippen molar-refractivity contribution in [2.45, 2.75) is 0 Å². The summed E-state index contributed by atoms with van der Waals surface area (Å²) in [5, 5.41) is 2.08. The number of aromatic nitrogens is 5. The summed E-state index contributed by atoms with van der Waals surface area (Å²) in [5.74, 6) is 1.52. The molecule has 48 heavy (non-hydrogen) atoms. The number of para-hydroxylation sites is 2. The fourth-order valence-electron chi connectivity index (χ4n) is 6.44. The van der Waals surface area contributed by atoms with E-state index in [0.29, 0.717) is 23.2 Å². The van der Waals surface area contributed by atoms with E-state index in [1.165, 1.54) is 0 Å².